The summed E-state index contributed by atoms with van der Waals surface area (Å²) in [5.41, 5.74) is 2.25. The number of aryl methyl sites for hydroxylation is 1. The largest absolute Gasteiger partial charge is 0.306 e. The van der Waals surface area contributed by atoms with Crippen LogP contribution in [0.25, 0.3) is 17.1 Å². The Balaban J connectivity index is 1.73. The summed E-state index contributed by atoms with van der Waals surface area (Å²) in [6.07, 6.45) is 6.42. The first-order chi connectivity index (χ1) is 10.2. The first-order valence-corrected chi connectivity index (χ1v) is 6.41. The number of rotatable bonds is 3. The molecule has 0 bridgehead atoms. The van der Waals surface area contributed by atoms with Gasteiger partial charge in [-0.2, -0.15) is 5.10 Å². The van der Waals surface area contributed by atoms with Crippen LogP contribution in [0.1, 0.15) is 5.69 Å². The van der Waals surface area contributed by atoms with Gasteiger partial charge in [0.25, 0.3) is 0 Å². The quantitative estimate of drug-likeness (QED) is 0.744. The molecular weight excluding hydrogens is 266 g/mol. The fourth-order valence-corrected chi connectivity index (χ4v) is 1.86. The Bertz CT molecular complexity index is 822. The van der Waals surface area contributed by atoms with Crippen molar-refractivity contribution in [2.24, 2.45) is 7.05 Å². The Morgan fingerprint density at radius 1 is 1.24 bits per heavy atom. The van der Waals surface area contributed by atoms with E-state index in [1.54, 1.807) is 36.3 Å². The zero-order valence-electron chi connectivity index (χ0n) is 11.4. The van der Waals surface area contributed by atoms with Gasteiger partial charge in [0.15, 0.2) is 5.82 Å². The van der Waals surface area contributed by atoms with E-state index in [4.69, 9.17) is 0 Å². The van der Waals surface area contributed by atoms with Crippen LogP contribution in [0.15, 0.2) is 48.8 Å². The van der Waals surface area contributed by atoms with E-state index in [0.29, 0.717) is 11.5 Å². The highest BCUT2D eigenvalue weighted by atomic mass is 16.1. The number of fused-ring (bicyclic) bond motifs is 1. The van der Waals surface area contributed by atoms with Crippen LogP contribution >= 0.6 is 0 Å². The first-order valence-electron chi connectivity index (χ1n) is 6.41. The molecule has 21 heavy (non-hydrogen) atoms. The average Bonchev–Trinajstić information content (AvgIpc) is 2.90. The van der Waals surface area contributed by atoms with E-state index < -0.39 is 0 Å². The maximum atomic E-state index is 11.8. The molecule has 0 aliphatic heterocycles. The second kappa shape index (κ2) is 5.54. The van der Waals surface area contributed by atoms with Crippen molar-refractivity contribution >= 4 is 28.8 Å². The van der Waals surface area contributed by atoms with Gasteiger partial charge in [-0.1, -0.05) is 12.1 Å². The molecule has 0 spiro atoms. The number of benzene rings is 1. The Hall–Kier alpha value is -3.02. The first kappa shape index (κ1) is 13.0. The molecule has 0 unspecified atom stereocenters. The smallest absolute Gasteiger partial charge is 0.249 e. The van der Waals surface area contributed by atoms with E-state index in [1.807, 2.05) is 24.3 Å². The highest BCUT2D eigenvalue weighted by Gasteiger charge is 2.01. The summed E-state index contributed by atoms with van der Waals surface area (Å²) in [6.45, 7) is 0. The summed E-state index contributed by atoms with van der Waals surface area (Å²) < 4.78 is 1.62. The van der Waals surface area contributed by atoms with Gasteiger partial charge in [-0.3, -0.25) is 14.5 Å². The Morgan fingerprint density at radius 2 is 2.05 bits per heavy atom. The standard InChI is InChI=1S/C15H13N5O/c1-20-9-8-14(19-20)18-15(21)7-6-11-10-16-12-4-2-3-5-13(12)17-11/h2-10H,1H3,(H,18,19,21)/b7-6+. The van der Waals surface area contributed by atoms with Crippen LogP contribution in [0.2, 0.25) is 0 Å². The number of hydrogen-bond donors (Lipinski definition) is 1. The van der Waals surface area contributed by atoms with E-state index in [-0.39, 0.29) is 5.91 Å². The van der Waals surface area contributed by atoms with Crippen molar-refractivity contribution < 1.29 is 4.79 Å². The lowest BCUT2D eigenvalue weighted by Crippen LogP contribution is -2.08. The van der Waals surface area contributed by atoms with E-state index in [1.165, 1.54) is 6.08 Å². The third-order valence-corrected chi connectivity index (χ3v) is 2.84. The number of hydrogen-bond acceptors (Lipinski definition) is 4. The van der Waals surface area contributed by atoms with Crippen LogP contribution in [0.4, 0.5) is 5.82 Å². The molecule has 104 valence electrons. The van der Waals surface area contributed by atoms with Gasteiger partial charge >= 0.3 is 0 Å². The highest BCUT2D eigenvalue weighted by Crippen LogP contribution is 2.09. The molecule has 0 saturated heterocycles. The van der Waals surface area contributed by atoms with Gasteiger partial charge in [0, 0.05) is 25.4 Å². The zero-order chi connectivity index (χ0) is 14.7. The van der Waals surface area contributed by atoms with Gasteiger partial charge in [-0.05, 0) is 18.2 Å². The van der Waals surface area contributed by atoms with E-state index in [0.717, 1.165) is 11.0 Å². The lowest BCUT2D eigenvalue weighted by molar-refractivity contribution is -0.111. The molecule has 3 aromatic rings. The van der Waals surface area contributed by atoms with Crippen molar-refractivity contribution in [2.45, 2.75) is 0 Å². The summed E-state index contributed by atoms with van der Waals surface area (Å²) in [5.74, 6) is 0.250. The SMILES string of the molecule is Cn1ccc(NC(=O)/C=C/c2cnc3ccccc3n2)n1. The molecule has 1 amide bonds. The number of carbonyl (C=O) groups is 1. The molecule has 1 aromatic carbocycles. The molecule has 1 N–H and O–H groups in total. The van der Waals surface area contributed by atoms with Crippen LogP contribution in [0.5, 0.6) is 0 Å². The second-order valence-corrected chi connectivity index (χ2v) is 4.48. The minimum Gasteiger partial charge on any atom is -0.306 e. The van der Waals surface area contributed by atoms with Crippen LogP contribution in [-0.2, 0) is 11.8 Å². The predicted octanol–water partition coefficient (Wildman–Crippen LogP) is 2.02. The molecule has 0 aliphatic carbocycles. The van der Waals surface area contributed by atoms with E-state index in [9.17, 15) is 4.79 Å². The van der Waals surface area contributed by atoms with Crippen molar-refractivity contribution in [3.05, 3.63) is 54.5 Å². The maximum absolute atomic E-state index is 11.8. The van der Waals surface area contributed by atoms with Crippen molar-refractivity contribution in [3.8, 4) is 0 Å². The Morgan fingerprint density at radius 3 is 2.81 bits per heavy atom. The summed E-state index contributed by atoms with van der Waals surface area (Å²) in [5, 5.41) is 6.73. The summed E-state index contributed by atoms with van der Waals surface area (Å²) in [4.78, 5) is 20.5. The van der Waals surface area contributed by atoms with Gasteiger partial charge in [0.1, 0.15) is 0 Å². The van der Waals surface area contributed by atoms with Crippen LogP contribution in [0.3, 0.4) is 0 Å². The van der Waals surface area contributed by atoms with Gasteiger partial charge in [0.05, 0.1) is 22.9 Å². The summed E-state index contributed by atoms with van der Waals surface area (Å²) in [6, 6.07) is 9.31. The van der Waals surface area contributed by atoms with Crippen LogP contribution in [0, 0.1) is 0 Å². The van der Waals surface area contributed by atoms with Gasteiger partial charge in [0.2, 0.25) is 5.91 Å². The average molecular weight is 279 g/mol. The molecule has 0 fully saturated rings. The topological polar surface area (TPSA) is 72.7 Å². The van der Waals surface area contributed by atoms with Crippen molar-refractivity contribution in [1.29, 1.82) is 0 Å². The summed E-state index contributed by atoms with van der Waals surface area (Å²) >= 11 is 0. The fraction of sp³-hybridized carbons (Fsp3) is 0.0667. The zero-order valence-corrected chi connectivity index (χ0v) is 11.4. The molecule has 6 nitrogen and oxygen atoms in total. The van der Waals surface area contributed by atoms with E-state index in [2.05, 4.69) is 20.4 Å². The monoisotopic (exact) mass is 279 g/mol. The highest BCUT2D eigenvalue weighted by molar-refractivity contribution is 6.01. The Labute approximate surface area is 121 Å². The normalized spacial score (nSPS) is 11.1. The lowest BCUT2D eigenvalue weighted by Gasteiger charge is -1.98. The minimum atomic E-state index is -0.261. The number of para-hydroxylation sites is 2. The summed E-state index contributed by atoms with van der Waals surface area (Å²) in [7, 11) is 1.79. The second-order valence-electron chi connectivity index (χ2n) is 4.48. The van der Waals surface area contributed by atoms with Crippen molar-refractivity contribution in [2.75, 3.05) is 5.32 Å². The molecule has 6 heteroatoms. The van der Waals surface area contributed by atoms with Gasteiger partial charge in [-0.15, -0.1) is 0 Å². The van der Waals surface area contributed by atoms with Crippen molar-refractivity contribution in [3.63, 3.8) is 0 Å². The third-order valence-electron chi connectivity index (χ3n) is 2.84. The number of carbonyl (C=O) groups excluding carboxylic acids is 1. The van der Waals surface area contributed by atoms with Crippen LogP contribution in [-0.4, -0.2) is 25.7 Å². The molecule has 3 rings (SSSR count). The van der Waals surface area contributed by atoms with Crippen molar-refractivity contribution in [1.82, 2.24) is 19.7 Å². The molecule has 2 heterocycles. The molecule has 2 aromatic heterocycles. The fourth-order valence-electron chi connectivity index (χ4n) is 1.86. The van der Waals surface area contributed by atoms with Crippen LogP contribution < -0.4 is 5.32 Å². The van der Waals surface area contributed by atoms with Gasteiger partial charge in [-0.25, -0.2) is 4.98 Å². The number of nitrogens with one attached hydrogen (secondary N) is 1. The predicted molar refractivity (Wildman–Crippen MR) is 80.4 cm³/mol. The third kappa shape index (κ3) is 3.11. The Kier molecular flexibility index (Phi) is 3.42. The number of amides is 1. The molecule has 0 atom stereocenters. The number of anilines is 1. The maximum Gasteiger partial charge on any atom is 0.249 e. The number of aromatic nitrogens is 4. The minimum absolute atomic E-state index is 0.261. The molecular formula is C15H13N5O. The van der Waals surface area contributed by atoms with E-state index >= 15 is 0 Å². The molecule has 0 radical (unpaired) electrons. The molecule has 0 aliphatic rings. The number of nitrogens with zero attached hydrogens (tertiary/aromatic N) is 4. The van der Waals surface area contributed by atoms with Gasteiger partial charge < -0.3 is 5.32 Å². The molecule has 0 saturated carbocycles. The lowest BCUT2D eigenvalue weighted by atomic mass is 10.3.